The molecule has 0 aromatic heterocycles. The van der Waals surface area contributed by atoms with E-state index in [9.17, 15) is 0 Å². The molecule has 0 aliphatic rings. The minimum absolute atomic E-state index is 1.23. The average molecular weight is 557 g/mol. The highest BCUT2D eigenvalue weighted by atomic mass is 14.2. The van der Waals surface area contributed by atoms with Gasteiger partial charge in [-0.05, 0) is 99.4 Å². The molecule has 0 heterocycles. The van der Waals surface area contributed by atoms with Gasteiger partial charge < -0.3 is 0 Å². The van der Waals surface area contributed by atoms with Gasteiger partial charge in [-0.15, -0.1) is 0 Å². The summed E-state index contributed by atoms with van der Waals surface area (Å²) in [6, 6.07) is 62.3. The Morgan fingerprint density at radius 2 is 0.682 bits per heavy atom. The molecule has 9 aromatic carbocycles. The average Bonchev–Trinajstić information content (AvgIpc) is 3.10. The van der Waals surface area contributed by atoms with E-state index >= 15 is 0 Å². The summed E-state index contributed by atoms with van der Waals surface area (Å²) in [5, 5.41) is 12.8. The second-order valence-corrected chi connectivity index (χ2v) is 11.7. The van der Waals surface area contributed by atoms with Crippen molar-refractivity contribution in [3.05, 3.63) is 170 Å². The van der Waals surface area contributed by atoms with Crippen molar-refractivity contribution >= 4 is 53.9 Å². The lowest BCUT2D eigenvalue weighted by Gasteiger charge is -2.19. The number of fused-ring (bicyclic) bond motifs is 6. The van der Waals surface area contributed by atoms with E-state index in [1.165, 1.54) is 87.2 Å². The van der Waals surface area contributed by atoms with E-state index in [0.717, 1.165) is 0 Å². The molecule has 0 radical (unpaired) electrons. The van der Waals surface area contributed by atoms with Crippen molar-refractivity contribution in [2.24, 2.45) is 0 Å². The Balaban J connectivity index is 1.31. The van der Waals surface area contributed by atoms with E-state index in [1.54, 1.807) is 0 Å². The molecule has 204 valence electrons. The van der Waals surface area contributed by atoms with Gasteiger partial charge in [0.05, 0.1) is 0 Å². The van der Waals surface area contributed by atoms with E-state index in [0.29, 0.717) is 0 Å². The molecule has 9 rings (SSSR count). The smallest absolute Gasteiger partial charge is 0.00262 e. The monoisotopic (exact) mass is 556 g/mol. The molecule has 0 N–H and O–H groups in total. The molecule has 9 aromatic rings. The Hall–Kier alpha value is -5.72. The molecule has 0 nitrogen and oxygen atoms in total. The van der Waals surface area contributed by atoms with Gasteiger partial charge in [-0.2, -0.15) is 0 Å². The number of hydrogen-bond acceptors (Lipinski definition) is 0. The van der Waals surface area contributed by atoms with E-state index in [1.807, 2.05) is 0 Å². The standard InChI is InChI=1S/C44H28/c1-3-16-35-29(11-1)13-10-22-37(35)31-14-9-15-33(27-31)43-39-18-5-7-20-41(39)44(42-21-8-6-19-40(42)43)34-25-26-38-32(28-34)24-23-30-12-2-4-17-36(30)38/h1-28H. The van der Waals surface area contributed by atoms with Crippen molar-refractivity contribution in [2.45, 2.75) is 0 Å². The zero-order valence-corrected chi connectivity index (χ0v) is 24.2. The molecule has 0 heteroatoms. The van der Waals surface area contributed by atoms with E-state index in [4.69, 9.17) is 0 Å². The Bertz CT molecular complexity index is 2490. The molecular formula is C44H28. The van der Waals surface area contributed by atoms with Crippen LogP contribution in [0.2, 0.25) is 0 Å². The first-order valence-corrected chi connectivity index (χ1v) is 15.3. The lowest BCUT2D eigenvalue weighted by molar-refractivity contribution is 1.63. The summed E-state index contributed by atoms with van der Waals surface area (Å²) in [4.78, 5) is 0. The van der Waals surface area contributed by atoms with Crippen LogP contribution in [0, 0.1) is 0 Å². The Morgan fingerprint density at radius 1 is 0.227 bits per heavy atom. The van der Waals surface area contributed by atoms with Gasteiger partial charge in [0, 0.05) is 0 Å². The topological polar surface area (TPSA) is 0 Å². The summed E-state index contributed by atoms with van der Waals surface area (Å²) in [5.74, 6) is 0. The molecule has 44 heavy (non-hydrogen) atoms. The van der Waals surface area contributed by atoms with Gasteiger partial charge in [-0.3, -0.25) is 0 Å². The third kappa shape index (κ3) is 3.85. The fourth-order valence-corrected chi connectivity index (χ4v) is 7.24. The summed E-state index contributed by atoms with van der Waals surface area (Å²) in [6.07, 6.45) is 0. The summed E-state index contributed by atoms with van der Waals surface area (Å²) < 4.78 is 0. The van der Waals surface area contributed by atoms with Crippen LogP contribution in [0.3, 0.4) is 0 Å². The minimum atomic E-state index is 1.23. The number of hydrogen-bond donors (Lipinski definition) is 0. The van der Waals surface area contributed by atoms with Crippen LogP contribution < -0.4 is 0 Å². The van der Waals surface area contributed by atoms with Gasteiger partial charge in [-0.1, -0.05) is 158 Å². The van der Waals surface area contributed by atoms with Crippen molar-refractivity contribution < 1.29 is 0 Å². The van der Waals surface area contributed by atoms with Gasteiger partial charge in [0.15, 0.2) is 0 Å². The third-order valence-corrected chi connectivity index (χ3v) is 9.22. The van der Waals surface area contributed by atoms with Gasteiger partial charge in [0.2, 0.25) is 0 Å². The molecule has 0 aliphatic carbocycles. The van der Waals surface area contributed by atoms with Crippen LogP contribution in [0.4, 0.5) is 0 Å². The van der Waals surface area contributed by atoms with E-state index < -0.39 is 0 Å². The molecule has 0 unspecified atom stereocenters. The zero-order valence-electron chi connectivity index (χ0n) is 24.2. The number of rotatable bonds is 3. The maximum absolute atomic E-state index is 2.37. The maximum Gasteiger partial charge on any atom is -0.00262 e. The van der Waals surface area contributed by atoms with Crippen LogP contribution in [0.25, 0.3) is 87.2 Å². The third-order valence-electron chi connectivity index (χ3n) is 9.22. The first-order valence-electron chi connectivity index (χ1n) is 15.3. The van der Waals surface area contributed by atoms with E-state index in [-0.39, 0.29) is 0 Å². The molecule has 0 bridgehead atoms. The van der Waals surface area contributed by atoms with Crippen molar-refractivity contribution in [1.29, 1.82) is 0 Å². The second-order valence-electron chi connectivity index (χ2n) is 11.7. The normalized spacial score (nSPS) is 11.6. The van der Waals surface area contributed by atoms with Crippen molar-refractivity contribution in [2.75, 3.05) is 0 Å². The van der Waals surface area contributed by atoms with Crippen LogP contribution in [0.5, 0.6) is 0 Å². The van der Waals surface area contributed by atoms with Crippen molar-refractivity contribution in [1.82, 2.24) is 0 Å². The predicted octanol–water partition coefficient (Wildman–Crippen LogP) is 12.5. The zero-order chi connectivity index (χ0) is 29.0. The fraction of sp³-hybridized carbons (Fsp3) is 0. The lowest BCUT2D eigenvalue weighted by atomic mass is 9.85. The van der Waals surface area contributed by atoms with Gasteiger partial charge in [0.25, 0.3) is 0 Å². The van der Waals surface area contributed by atoms with Gasteiger partial charge >= 0.3 is 0 Å². The first-order chi connectivity index (χ1) is 21.8. The highest BCUT2D eigenvalue weighted by Gasteiger charge is 2.17. The van der Waals surface area contributed by atoms with Crippen molar-refractivity contribution in [3.8, 4) is 33.4 Å². The number of benzene rings is 9. The van der Waals surface area contributed by atoms with Crippen LogP contribution in [-0.2, 0) is 0 Å². The Labute approximate surface area is 256 Å². The molecule has 0 saturated carbocycles. The highest BCUT2D eigenvalue weighted by Crippen LogP contribution is 2.45. The molecule has 0 amide bonds. The molecular weight excluding hydrogens is 528 g/mol. The predicted molar refractivity (Wildman–Crippen MR) is 190 cm³/mol. The second kappa shape index (κ2) is 9.93. The van der Waals surface area contributed by atoms with Crippen LogP contribution >= 0.6 is 0 Å². The highest BCUT2D eigenvalue weighted by molar-refractivity contribution is 6.22. The van der Waals surface area contributed by atoms with Crippen LogP contribution in [-0.4, -0.2) is 0 Å². The summed E-state index contributed by atoms with van der Waals surface area (Å²) in [6.45, 7) is 0. The molecule has 0 aliphatic heterocycles. The summed E-state index contributed by atoms with van der Waals surface area (Å²) in [5.41, 5.74) is 7.56. The van der Waals surface area contributed by atoms with Crippen molar-refractivity contribution in [3.63, 3.8) is 0 Å². The van der Waals surface area contributed by atoms with Crippen LogP contribution in [0.1, 0.15) is 0 Å². The van der Waals surface area contributed by atoms with Crippen LogP contribution in [0.15, 0.2) is 170 Å². The SMILES string of the molecule is c1cc(-c2cccc3ccccc23)cc(-c2c3ccccc3c(-c3ccc4c(ccc5ccccc54)c3)c3ccccc23)c1. The molecule has 0 saturated heterocycles. The quantitative estimate of drug-likeness (QED) is 0.150. The molecule has 0 spiro atoms. The molecule has 0 fully saturated rings. The Kier molecular flexibility index (Phi) is 5.61. The largest absolute Gasteiger partial charge is 0.0616 e. The molecule has 0 atom stereocenters. The summed E-state index contributed by atoms with van der Waals surface area (Å²) >= 11 is 0. The fourth-order valence-electron chi connectivity index (χ4n) is 7.24. The van der Waals surface area contributed by atoms with Gasteiger partial charge in [-0.25, -0.2) is 0 Å². The minimum Gasteiger partial charge on any atom is -0.0616 e. The maximum atomic E-state index is 2.37. The Morgan fingerprint density at radius 3 is 1.36 bits per heavy atom. The van der Waals surface area contributed by atoms with E-state index in [2.05, 4.69) is 170 Å². The lowest BCUT2D eigenvalue weighted by Crippen LogP contribution is -1.91. The summed E-state index contributed by atoms with van der Waals surface area (Å²) in [7, 11) is 0. The van der Waals surface area contributed by atoms with Gasteiger partial charge in [0.1, 0.15) is 0 Å². The first kappa shape index (κ1) is 24.8.